The maximum absolute atomic E-state index is 11.3. The molecule has 1 aromatic rings. The number of allylic oxidation sites excluding steroid dienone is 1. The van der Waals surface area contributed by atoms with E-state index in [1.807, 2.05) is 18.2 Å². The smallest absolute Gasteiger partial charge is 0.339 e. The van der Waals surface area contributed by atoms with Gasteiger partial charge in [-0.1, -0.05) is 34.1 Å². The quantitative estimate of drug-likeness (QED) is 0.521. The SMILES string of the molecule is COC(=O)c1cc(C=CCBr)ccc1N. The van der Waals surface area contributed by atoms with Crippen molar-refractivity contribution in [3.05, 3.63) is 35.4 Å². The van der Waals surface area contributed by atoms with Crippen molar-refractivity contribution in [1.29, 1.82) is 0 Å². The fraction of sp³-hybridized carbons (Fsp3) is 0.182. The Morgan fingerprint density at radius 1 is 1.60 bits per heavy atom. The molecule has 0 saturated carbocycles. The molecule has 0 aliphatic carbocycles. The van der Waals surface area contributed by atoms with E-state index in [4.69, 9.17) is 5.73 Å². The van der Waals surface area contributed by atoms with Crippen molar-refractivity contribution >= 4 is 33.7 Å². The summed E-state index contributed by atoms with van der Waals surface area (Å²) in [6.07, 6.45) is 3.84. The minimum absolute atomic E-state index is 0.397. The van der Waals surface area contributed by atoms with Crippen LogP contribution in [0.15, 0.2) is 24.3 Å². The number of methoxy groups -OCH3 is 1. The summed E-state index contributed by atoms with van der Waals surface area (Å²) in [5.41, 5.74) is 7.41. The molecule has 0 aliphatic rings. The fourth-order valence-electron chi connectivity index (χ4n) is 1.14. The van der Waals surface area contributed by atoms with Gasteiger partial charge in [0, 0.05) is 11.0 Å². The van der Waals surface area contributed by atoms with Crippen LogP contribution in [0.5, 0.6) is 0 Å². The van der Waals surface area contributed by atoms with E-state index in [9.17, 15) is 4.79 Å². The van der Waals surface area contributed by atoms with Gasteiger partial charge < -0.3 is 10.5 Å². The van der Waals surface area contributed by atoms with Crippen molar-refractivity contribution in [1.82, 2.24) is 0 Å². The van der Waals surface area contributed by atoms with E-state index in [2.05, 4.69) is 20.7 Å². The lowest BCUT2D eigenvalue weighted by Gasteiger charge is -2.04. The zero-order valence-corrected chi connectivity index (χ0v) is 9.95. The Hall–Kier alpha value is -1.29. The van der Waals surface area contributed by atoms with Gasteiger partial charge in [0.15, 0.2) is 0 Å². The third-order valence-electron chi connectivity index (χ3n) is 1.88. The highest BCUT2D eigenvalue weighted by atomic mass is 79.9. The van der Waals surface area contributed by atoms with Crippen LogP contribution in [-0.4, -0.2) is 18.4 Å². The van der Waals surface area contributed by atoms with E-state index in [0.717, 1.165) is 10.9 Å². The number of rotatable bonds is 3. The highest BCUT2D eigenvalue weighted by Gasteiger charge is 2.09. The van der Waals surface area contributed by atoms with Gasteiger partial charge in [-0.2, -0.15) is 0 Å². The Kier molecular flexibility index (Phi) is 4.37. The van der Waals surface area contributed by atoms with Crippen LogP contribution in [-0.2, 0) is 4.74 Å². The minimum atomic E-state index is -0.415. The van der Waals surface area contributed by atoms with Gasteiger partial charge in [0.05, 0.1) is 12.7 Å². The summed E-state index contributed by atoms with van der Waals surface area (Å²) in [5, 5.41) is 0.769. The Morgan fingerprint density at radius 2 is 2.33 bits per heavy atom. The number of esters is 1. The van der Waals surface area contributed by atoms with Crippen LogP contribution in [0.25, 0.3) is 6.08 Å². The number of hydrogen-bond donors (Lipinski definition) is 1. The number of benzene rings is 1. The van der Waals surface area contributed by atoms with E-state index in [-0.39, 0.29) is 0 Å². The lowest BCUT2D eigenvalue weighted by molar-refractivity contribution is 0.0602. The maximum atomic E-state index is 11.3. The number of ether oxygens (including phenoxy) is 1. The number of nitrogen functional groups attached to an aromatic ring is 1. The molecule has 0 unspecified atom stereocenters. The van der Waals surface area contributed by atoms with Crippen molar-refractivity contribution in [3.63, 3.8) is 0 Å². The molecular formula is C11H12BrNO2. The van der Waals surface area contributed by atoms with Crippen molar-refractivity contribution in [2.75, 3.05) is 18.2 Å². The second kappa shape index (κ2) is 5.56. The first-order valence-electron chi connectivity index (χ1n) is 4.39. The zero-order valence-electron chi connectivity index (χ0n) is 8.37. The number of anilines is 1. The van der Waals surface area contributed by atoms with E-state index in [1.165, 1.54) is 7.11 Å². The summed E-state index contributed by atoms with van der Waals surface area (Å²) in [6.45, 7) is 0. The summed E-state index contributed by atoms with van der Waals surface area (Å²) in [6, 6.07) is 5.25. The zero-order chi connectivity index (χ0) is 11.3. The number of hydrogen-bond acceptors (Lipinski definition) is 3. The molecule has 1 aromatic carbocycles. The summed E-state index contributed by atoms with van der Waals surface area (Å²) in [5.74, 6) is -0.415. The Morgan fingerprint density at radius 3 is 2.93 bits per heavy atom. The average molecular weight is 270 g/mol. The first-order valence-corrected chi connectivity index (χ1v) is 5.51. The number of carbonyl (C=O) groups excluding carboxylic acids is 1. The molecule has 0 bridgehead atoms. The molecule has 80 valence electrons. The fourth-order valence-corrected chi connectivity index (χ4v) is 1.33. The van der Waals surface area contributed by atoms with Crippen LogP contribution >= 0.6 is 15.9 Å². The molecule has 0 spiro atoms. The first-order chi connectivity index (χ1) is 7.19. The van der Waals surface area contributed by atoms with Crippen LogP contribution in [0.2, 0.25) is 0 Å². The van der Waals surface area contributed by atoms with Gasteiger partial charge in [0.2, 0.25) is 0 Å². The standard InChI is InChI=1S/C11H12BrNO2/c1-15-11(14)9-7-8(3-2-6-12)4-5-10(9)13/h2-5,7H,6,13H2,1H3. The van der Waals surface area contributed by atoms with E-state index < -0.39 is 5.97 Å². The Bertz CT molecular complexity index is 388. The molecule has 0 saturated heterocycles. The third-order valence-corrected chi connectivity index (χ3v) is 2.26. The minimum Gasteiger partial charge on any atom is -0.465 e. The molecule has 0 aliphatic heterocycles. The molecule has 15 heavy (non-hydrogen) atoms. The van der Waals surface area contributed by atoms with Crippen LogP contribution < -0.4 is 5.73 Å². The summed E-state index contributed by atoms with van der Waals surface area (Å²) >= 11 is 3.28. The van der Waals surface area contributed by atoms with Crippen LogP contribution in [0.3, 0.4) is 0 Å². The molecule has 4 heteroatoms. The lowest BCUT2D eigenvalue weighted by atomic mass is 10.1. The first kappa shape index (κ1) is 11.8. The van der Waals surface area contributed by atoms with Gasteiger partial charge in [0.1, 0.15) is 0 Å². The Labute approximate surface area is 97.0 Å². The molecule has 3 nitrogen and oxygen atoms in total. The predicted molar refractivity (Wildman–Crippen MR) is 65.0 cm³/mol. The molecular weight excluding hydrogens is 258 g/mol. The highest BCUT2D eigenvalue weighted by molar-refractivity contribution is 9.09. The molecule has 1 rings (SSSR count). The number of halogens is 1. The van der Waals surface area contributed by atoms with Crippen molar-refractivity contribution in [2.45, 2.75) is 0 Å². The number of alkyl halides is 1. The molecule has 0 fully saturated rings. The second-order valence-electron chi connectivity index (χ2n) is 2.89. The predicted octanol–water partition coefficient (Wildman–Crippen LogP) is 2.46. The molecule has 0 aromatic heterocycles. The Balaban J connectivity index is 3.05. The molecule has 0 heterocycles. The van der Waals surface area contributed by atoms with Gasteiger partial charge in [-0.3, -0.25) is 0 Å². The van der Waals surface area contributed by atoms with Crippen molar-refractivity contribution in [2.24, 2.45) is 0 Å². The van der Waals surface area contributed by atoms with Gasteiger partial charge in [-0.25, -0.2) is 4.79 Å². The van der Waals surface area contributed by atoms with Gasteiger partial charge in [0.25, 0.3) is 0 Å². The summed E-state index contributed by atoms with van der Waals surface area (Å²) < 4.78 is 4.62. The number of nitrogens with two attached hydrogens (primary N) is 1. The third kappa shape index (κ3) is 3.09. The number of carbonyl (C=O) groups is 1. The van der Waals surface area contributed by atoms with Crippen molar-refractivity contribution in [3.8, 4) is 0 Å². The molecule has 0 atom stereocenters. The molecule has 0 amide bonds. The average Bonchev–Trinajstić information content (AvgIpc) is 2.27. The van der Waals surface area contributed by atoms with Gasteiger partial charge >= 0.3 is 5.97 Å². The normalized spacial score (nSPS) is 10.5. The monoisotopic (exact) mass is 269 g/mol. The van der Waals surface area contributed by atoms with Crippen LogP contribution in [0.4, 0.5) is 5.69 Å². The molecule has 0 radical (unpaired) electrons. The highest BCUT2D eigenvalue weighted by Crippen LogP contribution is 2.16. The van der Waals surface area contributed by atoms with Crippen LogP contribution in [0, 0.1) is 0 Å². The van der Waals surface area contributed by atoms with E-state index >= 15 is 0 Å². The second-order valence-corrected chi connectivity index (χ2v) is 3.54. The van der Waals surface area contributed by atoms with Gasteiger partial charge in [-0.15, -0.1) is 0 Å². The summed E-state index contributed by atoms with van der Waals surface area (Å²) in [4.78, 5) is 11.3. The van der Waals surface area contributed by atoms with Crippen LogP contribution in [0.1, 0.15) is 15.9 Å². The van der Waals surface area contributed by atoms with E-state index in [0.29, 0.717) is 11.3 Å². The van der Waals surface area contributed by atoms with Gasteiger partial charge in [-0.05, 0) is 17.7 Å². The topological polar surface area (TPSA) is 52.3 Å². The summed E-state index contributed by atoms with van der Waals surface area (Å²) in [7, 11) is 1.34. The lowest BCUT2D eigenvalue weighted by Crippen LogP contribution is -2.05. The largest absolute Gasteiger partial charge is 0.465 e. The maximum Gasteiger partial charge on any atom is 0.339 e. The van der Waals surface area contributed by atoms with Crippen molar-refractivity contribution < 1.29 is 9.53 Å². The molecule has 2 N–H and O–H groups in total. The van der Waals surface area contributed by atoms with E-state index in [1.54, 1.807) is 12.1 Å².